The molecule has 40 heavy (non-hydrogen) atoms. The number of hydrogen-bond acceptors (Lipinski definition) is 8. The lowest BCUT2D eigenvalue weighted by Gasteiger charge is -2.14. The van der Waals surface area contributed by atoms with Crippen LogP contribution in [0.15, 0.2) is 48.8 Å². The molecule has 0 radical (unpaired) electrons. The van der Waals surface area contributed by atoms with Crippen LogP contribution in [0.3, 0.4) is 0 Å². The van der Waals surface area contributed by atoms with Crippen LogP contribution in [0.5, 0.6) is 5.75 Å². The molecule has 11 nitrogen and oxygen atoms in total. The van der Waals surface area contributed by atoms with Gasteiger partial charge < -0.3 is 25.8 Å². The summed E-state index contributed by atoms with van der Waals surface area (Å²) in [5, 5.41) is 29.1. The number of nitrogens with one attached hydrogen (secondary N) is 3. The van der Waals surface area contributed by atoms with Crippen molar-refractivity contribution in [3.05, 3.63) is 54.5 Å². The SMILES string of the molecule is CNCC(O)COc1cccc(-c2cc(NCCCCCNC(=O)c3ccn(C)n3)c3cnn(C(C)C)c3n2)c1. The summed E-state index contributed by atoms with van der Waals surface area (Å²) in [4.78, 5) is 17.1. The molecule has 1 amide bonds. The van der Waals surface area contributed by atoms with Crippen molar-refractivity contribution in [2.45, 2.75) is 45.3 Å². The molecule has 0 aliphatic heterocycles. The fourth-order valence-electron chi connectivity index (χ4n) is 4.40. The van der Waals surface area contributed by atoms with Gasteiger partial charge in [-0.15, -0.1) is 0 Å². The van der Waals surface area contributed by atoms with E-state index in [-0.39, 0.29) is 18.6 Å². The predicted octanol–water partition coefficient (Wildman–Crippen LogP) is 3.38. The largest absolute Gasteiger partial charge is 0.491 e. The first-order chi connectivity index (χ1) is 19.4. The van der Waals surface area contributed by atoms with Gasteiger partial charge in [-0.25, -0.2) is 9.67 Å². The van der Waals surface area contributed by atoms with E-state index in [0.29, 0.717) is 24.5 Å². The Bertz CT molecular complexity index is 1400. The van der Waals surface area contributed by atoms with Crippen molar-refractivity contribution in [2.75, 3.05) is 38.6 Å². The molecule has 11 heteroatoms. The van der Waals surface area contributed by atoms with E-state index in [9.17, 15) is 9.90 Å². The first-order valence-corrected chi connectivity index (χ1v) is 13.8. The molecule has 4 aromatic rings. The summed E-state index contributed by atoms with van der Waals surface area (Å²) in [6.07, 6.45) is 5.85. The molecule has 0 saturated carbocycles. The minimum atomic E-state index is -0.587. The zero-order valence-corrected chi connectivity index (χ0v) is 23.7. The second kappa shape index (κ2) is 13.9. The van der Waals surface area contributed by atoms with E-state index in [1.54, 1.807) is 31.0 Å². The highest BCUT2D eigenvalue weighted by atomic mass is 16.5. The van der Waals surface area contributed by atoms with E-state index in [2.05, 4.69) is 46.1 Å². The number of pyridine rings is 1. The maximum atomic E-state index is 12.1. The van der Waals surface area contributed by atoms with Gasteiger partial charge in [-0.3, -0.25) is 9.48 Å². The van der Waals surface area contributed by atoms with Gasteiger partial charge in [-0.05, 0) is 64.4 Å². The van der Waals surface area contributed by atoms with Crippen LogP contribution >= 0.6 is 0 Å². The van der Waals surface area contributed by atoms with E-state index >= 15 is 0 Å². The first kappa shape index (κ1) is 29.0. The fourth-order valence-corrected chi connectivity index (χ4v) is 4.40. The number of nitrogens with zero attached hydrogens (tertiary/aromatic N) is 5. The molecule has 0 spiro atoms. The number of unbranched alkanes of at least 4 members (excludes halogenated alkanes) is 2. The third-order valence-corrected chi connectivity index (χ3v) is 6.47. The Balaban J connectivity index is 1.39. The standard InChI is InChI=1S/C29H40N8O3/c1-20(2)37-28-24(18-33-37)27(31-12-6-5-7-13-32-29(39)25-11-14-36(4)35-25)16-26(34-28)21-9-8-10-23(15-21)40-19-22(38)17-30-3/h8-11,14-16,18,20,22,30,38H,5-7,12-13,17,19H2,1-4H3,(H,31,34)(H,32,39). The second-order valence-electron chi connectivity index (χ2n) is 10.1. The zero-order valence-electron chi connectivity index (χ0n) is 23.7. The molecule has 1 aromatic carbocycles. The number of benzene rings is 1. The Hall–Kier alpha value is -3.96. The number of aryl methyl sites for hydroxylation is 1. The quantitative estimate of drug-likeness (QED) is 0.166. The van der Waals surface area contributed by atoms with Gasteiger partial charge >= 0.3 is 0 Å². The van der Waals surface area contributed by atoms with Crippen molar-refractivity contribution in [1.82, 2.24) is 35.2 Å². The highest BCUT2D eigenvalue weighted by Crippen LogP contribution is 2.31. The Labute approximate surface area is 234 Å². The summed E-state index contributed by atoms with van der Waals surface area (Å²) in [6, 6.07) is 11.7. The lowest BCUT2D eigenvalue weighted by atomic mass is 10.1. The molecule has 1 unspecified atom stereocenters. The molecule has 0 bridgehead atoms. The molecule has 4 rings (SSSR count). The second-order valence-corrected chi connectivity index (χ2v) is 10.1. The molecule has 0 aliphatic carbocycles. The third kappa shape index (κ3) is 7.57. The Morgan fingerprint density at radius 3 is 2.70 bits per heavy atom. The van der Waals surface area contributed by atoms with E-state index in [1.807, 2.05) is 35.1 Å². The Morgan fingerprint density at radius 2 is 1.95 bits per heavy atom. The average molecular weight is 549 g/mol. The monoisotopic (exact) mass is 548 g/mol. The molecule has 3 heterocycles. The number of rotatable bonds is 15. The van der Waals surface area contributed by atoms with Gasteiger partial charge in [0.25, 0.3) is 5.91 Å². The molecule has 0 fully saturated rings. The molecule has 4 N–H and O–H groups in total. The van der Waals surface area contributed by atoms with Gasteiger partial charge in [-0.1, -0.05) is 12.1 Å². The number of aliphatic hydroxyl groups is 1. The van der Waals surface area contributed by atoms with Gasteiger partial charge in [0.1, 0.15) is 24.2 Å². The number of aromatic nitrogens is 5. The van der Waals surface area contributed by atoms with Gasteiger partial charge in [0.05, 0.1) is 17.3 Å². The molecular formula is C29H40N8O3. The van der Waals surface area contributed by atoms with Crippen LogP contribution < -0.4 is 20.7 Å². The van der Waals surface area contributed by atoms with Gasteiger partial charge in [0, 0.05) is 50.2 Å². The average Bonchev–Trinajstić information content (AvgIpc) is 3.58. The molecule has 3 aromatic heterocycles. The topological polar surface area (TPSA) is 131 Å². The van der Waals surface area contributed by atoms with Crippen LogP contribution in [-0.4, -0.2) is 75.0 Å². The maximum Gasteiger partial charge on any atom is 0.271 e. The molecule has 1 atom stereocenters. The minimum Gasteiger partial charge on any atom is -0.491 e. The van der Waals surface area contributed by atoms with Gasteiger partial charge in [-0.2, -0.15) is 10.2 Å². The Morgan fingerprint density at radius 1 is 1.12 bits per heavy atom. The number of carbonyl (C=O) groups excluding carboxylic acids is 1. The van der Waals surface area contributed by atoms with Crippen LogP contribution in [0, 0.1) is 0 Å². The van der Waals surface area contributed by atoms with Crippen LogP contribution in [0.4, 0.5) is 5.69 Å². The summed E-state index contributed by atoms with van der Waals surface area (Å²) < 4.78 is 9.37. The van der Waals surface area contributed by atoms with Crippen molar-refractivity contribution in [3.63, 3.8) is 0 Å². The summed E-state index contributed by atoms with van der Waals surface area (Å²) in [6.45, 7) is 6.25. The molecule has 0 saturated heterocycles. The van der Waals surface area contributed by atoms with Gasteiger partial charge in [0.15, 0.2) is 5.65 Å². The number of fused-ring (bicyclic) bond motifs is 1. The van der Waals surface area contributed by atoms with Crippen LogP contribution in [0.25, 0.3) is 22.3 Å². The maximum absolute atomic E-state index is 12.1. The highest BCUT2D eigenvalue weighted by Gasteiger charge is 2.15. The summed E-state index contributed by atoms with van der Waals surface area (Å²) in [5.74, 6) is 0.535. The third-order valence-electron chi connectivity index (χ3n) is 6.47. The van der Waals surface area contributed by atoms with Crippen molar-refractivity contribution in [2.24, 2.45) is 7.05 Å². The molecule has 214 valence electrons. The smallest absolute Gasteiger partial charge is 0.271 e. The van der Waals surface area contributed by atoms with E-state index in [4.69, 9.17) is 9.72 Å². The lowest BCUT2D eigenvalue weighted by Crippen LogP contribution is -2.29. The fraction of sp³-hybridized carbons (Fsp3) is 0.448. The zero-order chi connectivity index (χ0) is 28.5. The van der Waals surface area contributed by atoms with Gasteiger partial charge in [0.2, 0.25) is 0 Å². The van der Waals surface area contributed by atoms with Crippen LogP contribution in [0.1, 0.15) is 49.6 Å². The van der Waals surface area contributed by atoms with E-state index < -0.39 is 6.10 Å². The lowest BCUT2D eigenvalue weighted by molar-refractivity contribution is 0.0947. The van der Waals surface area contributed by atoms with E-state index in [0.717, 1.165) is 53.8 Å². The number of hydrogen-bond donors (Lipinski definition) is 4. The normalized spacial score (nSPS) is 12.2. The summed E-state index contributed by atoms with van der Waals surface area (Å²) in [5.41, 5.74) is 3.97. The van der Waals surface area contributed by atoms with Crippen molar-refractivity contribution >= 4 is 22.6 Å². The highest BCUT2D eigenvalue weighted by molar-refractivity contribution is 5.92. The molecular weight excluding hydrogens is 508 g/mol. The predicted molar refractivity (Wildman–Crippen MR) is 157 cm³/mol. The minimum absolute atomic E-state index is 0.142. The van der Waals surface area contributed by atoms with E-state index in [1.165, 1.54) is 0 Å². The number of anilines is 1. The number of amides is 1. The number of ether oxygens (including phenoxy) is 1. The van der Waals surface area contributed by atoms with Crippen LogP contribution in [-0.2, 0) is 7.05 Å². The number of likely N-dealkylation sites (N-methyl/N-ethyl adjacent to an activating group) is 1. The first-order valence-electron chi connectivity index (χ1n) is 13.8. The number of carbonyl (C=O) groups is 1. The van der Waals surface area contributed by atoms with Crippen LogP contribution in [0.2, 0.25) is 0 Å². The van der Waals surface area contributed by atoms with Crippen molar-refractivity contribution < 1.29 is 14.6 Å². The van der Waals surface area contributed by atoms with Crippen molar-refractivity contribution in [3.8, 4) is 17.0 Å². The summed E-state index contributed by atoms with van der Waals surface area (Å²) in [7, 11) is 3.59. The summed E-state index contributed by atoms with van der Waals surface area (Å²) >= 11 is 0. The number of aliphatic hydroxyl groups excluding tert-OH is 1. The molecule has 0 aliphatic rings. The Kier molecular flexibility index (Phi) is 10.1. The van der Waals surface area contributed by atoms with Crippen molar-refractivity contribution in [1.29, 1.82) is 0 Å².